The van der Waals surface area contributed by atoms with Gasteiger partial charge in [0.1, 0.15) is 5.69 Å². The summed E-state index contributed by atoms with van der Waals surface area (Å²) in [4.78, 5) is 4.15. The predicted octanol–water partition coefficient (Wildman–Crippen LogP) is 5.61. The third-order valence-electron chi connectivity index (χ3n) is 3.79. The van der Waals surface area contributed by atoms with Crippen LogP contribution in [0.15, 0.2) is 46.9 Å². The maximum absolute atomic E-state index is 4.33. The van der Waals surface area contributed by atoms with Crippen LogP contribution in [0.25, 0.3) is 0 Å². The zero-order valence-electron chi connectivity index (χ0n) is 14.2. The van der Waals surface area contributed by atoms with Gasteiger partial charge in [0, 0.05) is 26.0 Å². The van der Waals surface area contributed by atoms with E-state index in [2.05, 4.69) is 27.5 Å². The Labute approximate surface area is 138 Å². The first kappa shape index (κ1) is 17.2. The van der Waals surface area contributed by atoms with Gasteiger partial charge in [-0.25, -0.2) is 4.98 Å². The number of para-hydroxylation sites is 1. The smallest absolute Gasteiger partial charge is 0.249 e. The number of imidazole rings is 1. The lowest BCUT2D eigenvalue weighted by Crippen LogP contribution is -2.01. The molecule has 2 rings (SSSR count). The maximum Gasteiger partial charge on any atom is 0.249 e. The third-order valence-corrected chi connectivity index (χ3v) is 3.79. The second-order valence-corrected chi connectivity index (χ2v) is 5.75. The van der Waals surface area contributed by atoms with Crippen LogP contribution < -0.4 is 5.32 Å². The summed E-state index contributed by atoms with van der Waals surface area (Å²) in [6.45, 7) is 3.22. The Hall–Kier alpha value is -2.17. The van der Waals surface area contributed by atoms with Gasteiger partial charge in [0.25, 0.3) is 0 Å². The Bertz CT molecular complexity index is 603. The van der Waals surface area contributed by atoms with E-state index in [-0.39, 0.29) is 0 Å². The molecule has 0 amide bonds. The van der Waals surface area contributed by atoms with Gasteiger partial charge in [0.2, 0.25) is 5.95 Å². The molecule has 1 aromatic carbocycles. The zero-order valence-corrected chi connectivity index (χ0v) is 14.2. The highest BCUT2D eigenvalue weighted by molar-refractivity contribution is 5.64. The molecule has 0 aliphatic carbocycles. The minimum absolute atomic E-state index is 0.607. The summed E-state index contributed by atoms with van der Waals surface area (Å²) in [5, 5.41) is 12.0. The van der Waals surface area contributed by atoms with E-state index in [9.17, 15) is 0 Å². The molecular weight excluding hydrogens is 286 g/mol. The molecule has 0 atom stereocenters. The van der Waals surface area contributed by atoms with E-state index in [1.807, 2.05) is 42.1 Å². The predicted molar refractivity (Wildman–Crippen MR) is 95.7 cm³/mol. The first-order valence-electron chi connectivity index (χ1n) is 8.53. The van der Waals surface area contributed by atoms with Gasteiger partial charge in [0.15, 0.2) is 0 Å². The van der Waals surface area contributed by atoms with Crippen LogP contribution in [0.4, 0.5) is 17.3 Å². The lowest BCUT2D eigenvalue weighted by atomic mass is 10.1. The van der Waals surface area contributed by atoms with Gasteiger partial charge in [-0.1, -0.05) is 51.2 Å². The van der Waals surface area contributed by atoms with Crippen molar-refractivity contribution < 1.29 is 0 Å². The minimum Gasteiger partial charge on any atom is -0.383 e. The third kappa shape index (κ3) is 5.85. The van der Waals surface area contributed by atoms with Gasteiger partial charge in [-0.2, -0.15) is 0 Å². The van der Waals surface area contributed by atoms with Crippen molar-refractivity contribution in [1.29, 1.82) is 0 Å². The molecule has 0 saturated heterocycles. The fourth-order valence-corrected chi connectivity index (χ4v) is 2.39. The van der Waals surface area contributed by atoms with Gasteiger partial charge in [0.05, 0.1) is 5.69 Å². The van der Waals surface area contributed by atoms with Crippen molar-refractivity contribution in [3.8, 4) is 0 Å². The highest BCUT2D eigenvalue weighted by Crippen LogP contribution is 2.26. The molecule has 23 heavy (non-hydrogen) atoms. The molecule has 1 heterocycles. The molecule has 0 aliphatic heterocycles. The van der Waals surface area contributed by atoms with E-state index < -0.39 is 0 Å². The normalized spacial score (nSPS) is 11.2. The van der Waals surface area contributed by atoms with Crippen molar-refractivity contribution in [2.45, 2.75) is 45.4 Å². The molecule has 1 aromatic heterocycles. The van der Waals surface area contributed by atoms with Gasteiger partial charge < -0.3 is 9.88 Å². The van der Waals surface area contributed by atoms with Crippen molar-refractivity contribution in [3.63, 3.8) is 0 Å². The molecule has 2 aromatic rings. The lowest BCUT2D eigenvalue weighted by molar-refractivity contribution is 0.617. The van der Waals surface area contributed by atoms with Crippen molar-refractivity contribution in [2.24, 2.45) is 17.3 Å². The topological polar surface area (TPSA) is 54.6 Å². The van der Waals surface area contributed by atoms with Crippen molar-refractivity contribution >= 4 is 17.3 Å². The molecule has 5 heteroatoms. The first-order chi connectivity index (χ1) is 11.3. The van der Waals surface area contributed by atoms with E-state index in [4.69, 9.17) is 0 Å². The summed E-state index contributed by atoms with van der Waals surface area (Å²) in [5.74, 6) is 0.607. The average Bonchev–Trinajstić information content (AvgIpc) is 2.98. The second kappa shape index (κ2) is 9.77. The van der Waals surface area contributed by atoms with Crippen LogP contribution in [0.1, 0.15) is 45.4 Å². The molecule has 0 spiro atoms. The van der Waals surface area contributed by atoms with Gasteiger partial charge >= 0.3 is 0 Å². The van der Waals surface area contributed by atoms with Crippen molar-refractivity contribution in [3.05, 3.63) is 36.7 Å². The van der Waals surface area contributed by atoms with E-state index >= 15 is 0 Å². The highest BCUT2D eigenvalue weighted by atomic mass is 15.2. The Morgan fingerprint density at radius 2 is 1.83 bits per heavy atom. The number of aromatic nitrogens is 2. The molecule has 124 valence electrons. The highest BCUT2D eigenvalue weighted by Gasteiger charge is 2.01. The van der Waals surface area contributed by atoms with Gasteiger partial charge in [-0.05, 0) is 18.6 Å². The number of nitrogens with one attached hydrogen (secondary N) is 1. The Morgan fingerprint density at radius 1 is 1.04 bits per heavy atom. The summed E-state index contributed by atoms with van der Waals surface area (Å²) in [5.41, 5.74) is 1.88. The standard InChI is InChI=1S/C18H27N5/c1-3-4-5-6-7-10-13-19-16-11-8-9-12-17(16)21-22-18-20-14-15-23(18)2/h8-9,11-12,14-15,19H,3-7,10,13H2,1-2H3. The summed E-state index contributed by atoms with van der Waals surface area (Å²) >= 11 is 0. The average molecular weight is 313 g/mol. The maximum atomic E-state index is 4.33. The SMILES string of the molecule is CCCCCCCCNc1ccccc1N=Nc1nccn1C. The lowest BCUT2D eigenvalue weighted by Gasteiger charge is -2.08. The largest absolute Gasteiger partial charge is 0.383 e. The van der Waals surface area contributed by atoms with E-state index in [0.29, 0.717) is 5.95 Å². The minimum atomic E-state index is 0.607. The molecular formula is C18H27N5. The number of unbranched alkanes of at least 4 members (excludes halogenated alkanes) is 5. The number of rotatable bonds is 10. The van der Waals surface area contributed by atoms with Crippen LogP contribution in [0, 0.1) is 0 Å². The van der Waals surface area contributed by atoms with Gasteiger partial charge in [-0.15, -0.1) is 10.2 Å². The van der Waals surface area contributed by atoms with Crippen LogP contribution in [-0.4, -0.2) is 16.1 Å². The molecule has 0 fully saturated rings. The fourth-order valence-electron chi connectivity index (χ4n) is 2.39. The Morgan fingerprint density at radius 3 is 2.61 bits per heavy atom. The number of aryl methyl sites for hydroxylation is 1. The Balaban J connectivity index is 1.83. The zero-order chi connectivity index (χ0) is 16.3. The molecule has 0 unspecified atom stereocenters. The number of benzene rings is 1. The van der Waals surface area contributed by atoms with Crippen LogP contribution >= 0.6 is 0 Å². The van der Waals surface area contributed by atoms with Crippen LogP contribution in [0.3, 0.4) is 0 Å². The monoisotopic (exact) mass is 313 g/mol. The van der Waals surface area contributed by atoms with Gasteiger partial charge in [-0.3, -0.25) is 0 Å². The molecule has 1 N–H and O–H groups in total. The summed E-state index contributed by atoms with van der Waals surface area (Å²) in [7, 11) is 1.91. The number of anilines is 1. The van der Waals surface area contributed by atoms with Crippen LogP contribution in [0.2, 0.25) is 0 Å². The van der Waals surface area contributed by atoms with Crippen LogP contribution in [-0.2, 0) is 7.05 Å². The summed E-state index contributed by atoms with van der Waals surface area (Å²) in [6, 6.07) is 8.01. The quantitative estimate of drug-likeness (QED) is 0.458. The van der Waals surface area contributed by atoms with Crippen molar-refractivity contribution in [2.75, 3.05) is 11.9 Å². The molecule has 0 bridgehead atoms. The Kier molecular flexibility index (Phi) is 7.30. The summed E-state index contributed by atoms with van der Waals surface area (Å²) < 4.78 is 1.84. The number of nitrogens with zero attached hydrogens (tertiary/aromatic N) is 4. The molecule has 5 nitrogen and oxygen atoms in total. The molecule has 0 aliphatic rings. The number of hydrogen-bond acceptors (Lipinski definition) is 4. The van der Waals surface area contributed by atoms with E-state index in [0.717, 1.165) is 17.9 Å². The van der Waals surface area contributed by atoms with Crippen molar-refractivity contribution in [1.82, 2.24) is 9.55 Å². The van der Waals surface area contributed by atoms with Crippen LogP contribution in [0.5, 0.6) is 0 Å². The number of azo groups is 1. The summed E-state index contributed by atoms with van der Waals surface area (Å²) in [6.07, 6.45) is 11.4. The first-order valence-corrected chi connectivity index (χ1v) is 8.53. The fraction of sp³-hybridized carbons (Fsp3) is 0.500. The molecule has 0 saturated carbocycles. The molecule has 0 radical (unpaired) electrons. The van der Waals surface area contributed by atoms with E-state index in [1.54, 1.807) is 6.20 Å². The second-order valence-electron chi connectivity index (χ2n) is 5.75. The van der Waals surface area contributed by atoms with E-state index in [1.165, 1.54) is 38.5 Å². The number of hydrogen-bond donors (Lipinski definition) is 1.